The van der Waals surface area contributed by atoms with Gasteiger partial charge in [-0.1, -0.05) is 41.4 Å². The number of hydrogen-bond acceptors (Lipinski definition) is 1. The van der Waals surface area contributed by atoms with Crippen molar-refractivity contribution in [1.29, 1.82) is 0 Å². The van der Waals surface area contributed by atoms with E-state index in [1.54, 1.807) is 0 Å². The van der Waals surface area contributed by atoms with Crippen molar-refractivity contribution in [2.45, 2.75) is 32.2 Å². The highest BCUT2D eigenvalue weighted by Gasteiger charge is 2.15. The summed E-state index contributed by atoms with van der Waals surface area (Å²) >= 11 is 12.1. The third kappa shape index (κ3) is 4.40. The minimum atomic E-state index is 0.409. The molecule has 1 atom stereocenters. The highest BCUT2D eigenvalue weighted by molar-refractivity contribution is 6.30. The Morgan fingerprint density at radius 2 is 1.79 bits per heavy atom. The molecule has 0 aliphatic rings. The molecule has 0 fully saturated rings. The zero-order valence-corrected chi connectivity index (χ0v) is 15.1. The first kappa shape index (κ1) is 17.1. The van der Waals surface area contributed by atoms with Crippen molar-refractivity contribution in [3.05, 3.63) is 87.9 Å². The summed E-state index contributed by atoms with van der Waals surface area (Å²) in [4.78, 5) is 4.16. The Balaban J connectivity index is 1.80. The van der Waals surface area contributed by atoms with Crippen LogP contribution in [-0.2, 0) is 13.0 Å². The van der Waals surface area contributed by atoms with E-state index in [2.05, 4.69) is 34.7 Å². The van der Waals surface area contributed by atoms with Crippen molar-refractivity contribution in [1.82, 2.24) is 9.55 Å². The second-order valence-electron chi connectivity index (χ2n) is 6.12. The molecule has 3 rings (SSSR count). The van der Waals surface area contributed by atoms with Crippen molar-refractivity contribution in [2.75, 3.05) is 0 Å². The molecule has 124 valence electrons. The van der Waals surface area contributed by atoms with Gasteiger partial charge in [0.1, 0.15) is 0 Å². The van der Waals surface area contributed by atoms with E-state index in [0.717, 1.165) is 29.4 Å². The predicted octanol–water partition coefficient (Wildman–Crippen LogP) is 5.91. The van der Waals surface area contributed by atoms with E-state index >= 15 is 0 Å². The number of imidazole rings is 1. The van der Waals surface area contributed by atoms with Crippen LogP contribution in [0.5, 0.6) is 0 Å². The molecule has 1 unspecified atom stereocenters. The van der Waals surface area contributed by atoms with Gasteiger partial charge in [0.05, 0.1) is 6.33 Å². The van der Waals surface area contributed by atoms with Crippen LogP contribution in [0.2, 0.25) is 10.0 Å². The highest BCUT2D eigenvalue weighted by atomic mass is 35.5. The molecule has 2 aromatic carbocycles. The lowest BCUT2D eigenvalue weighted by Crippen LogP contribution is -2.11. The van der Waals surface area contributed by atoms with Crippen LogP contribution in [0, 0.1) is 6.92 Å². The average molecular weight is 359 g/mol. The van der Waals surface area contributed by atoms with Crippen LogP contribution in [0.4, 0.5) is 0 Å². The molecule has 0 saturated heterocycles. The summed E-state index contributed by atoms with van der Waals surface area (Å²) < 4.78 is 2.14. The van der Waals surface area contributed by atoms with Gasteiger partial charge in [-0.3, -0.25) is 0 Å². The van der Waals surface area contributed by atoms with Crippen LogP contribution in [0.3, 0.4) is 0 Å². The zero-order valence-electron chi connectivity index (χ0n) is 13.6. The molecule has 2 nitrogen and oxygen atoms in total. The average Bonchev–Trinajstić information content (AvgIpc) is 3.06. The molecule has 0 radical (unpaired) electrons. The Morgan fingerprint density at radius 1 is 1.04 bits per heavy atom. The van der Waals surface area contributed by atoms with Crippen molar-refractivity contribution in [3.8, 4) is 0 Å². The first-order valence-corrected chi connectivity index (χ1v) is 8.83. The Bertz CT molecular complexity index is 780. The predicted molar refractivity (Wildman–Crippen MR) is 101 cm³/mol. The van der Waals surface area contributed by atoms with Crippen LogP contribution < -0.4 is 0 Å². The lowest BCUT2D eigenvalue weighted by Gasteiger charge is -2.20. The summed E-state index contributed by atoms with van der Waals surface area (Å²) in [6, 6.07) is 14.3. The van der Waals surface area contributed by atoms with Gasteiger partial charge in [0.25, 0.3) is 0 Å². The fourth-order valence-corrected chi connectivity index (χ4v) is 3.44. The molecular weight excluding hydrogens is 339 g/mol. The largest absolute Gasteiger partial charge is 0.337 e. The number of benzene rings is 2. The summed E-state index contributed by atoms with van der Waals surface area (Å²) in [6.45, 7) is 3.04. The van der Waals surface area contributed by atoms with Crippen LogP contribution >= 0.6 is 23.2 Å². The molecule has 0 saturated carbocycles. The minimum absolute atomic E-state index is 0.409. The molecule has 24 heavy (non-hydrogen) atoms. The lowest BCUT2D eigenvalue weighted by molar-refractivity contribution is 0.523. The van der Waals surface area contributed by atoms with Gasteiger partial charge in [0, 0.05) is 34.9 Å². The molecule has 0 aliphatic heterocycles. The summed E-state index contributed by atoms with van der Waals surface area (Å²) in [7, 11) is 0. The van der Waals surface area contributed by atoms with Crippen molar-refractivity contribution >= 4 is 23.2 Å². The number of halogens is 2. The second kappa shape index (κ2) is 7.87. The van der Waals surface area contributed by atoms with E-state index in [-0.39, 0.29) is 0 Å². The zero-order chi connectivity index (χ0) is 16.9. The maximum atomic E-state index is 6.12. The quantitative estimate of drug-likeness (QED) is 0.535. The van der Waals surface area contributed by atoms with Gasteiger partial charge in [-0.25, -0.2) is 4.98 Å². The van der Waals surface area contributed by atoms with Gasteiger partial charge >= 0.3 is 0 Å². The molecule has 1 heterocycles. The number of rotatable bonds is 6. The monoisotopic (exact) mass is 358 g/mol. The summed E-state index contributed by atoms with van der Waals surface area (Å²) in [6.07, 6.45) is 7.78. The Hall–Kier alpha value is -1.77. The molecule has 0 spiro atoms. The number of nitrogens with zero attached hydrogens (tertiary/aromatic N) is 2. The van der Waals surface area contributed by atoms with Gasteiger partial charge in [0.15, 0.2) is 0 Å². The lowest BCUT2D eigenvalue weighted by atomic mass is 9.89. The third-order valence-corrected chi connectivity index (χ3v) is 4.84. The summed E-state index contributed by atoms with van der Waals surface area (Å²) in [5, 5.41) is 1.57. The Morgan fingerprint density at radius 3 is 2.46 bits per heavy atom. The first-order chi connectivity index (χ1) is 11.6. The maximum absolute atomic E-state index is 6.12. The van der Waals surface area contributed by atoms with E-state index in [1.165, 1.54) is 16.7 Å². The molecule has 3 aromatic rings. The first-order valence-electron chi connectivity index (χ1n) is 8.08. The number of aromatic nitrogens is 2. The fourth-order valence-electron chi connectivity index (χ4n) is 3.08. The number of hydrogen-bond donors (Lipinski definition) is 0. The van der Waals surface area contributed by atoms with Gasteiger partial charge in [-0.05, 0) is 60.7 Å². The van der Waals surface area contributed by atoms with E-state index in [0.29, 0.717) is 5.92 Å². The smallest absolute Gasteiger partial charge is 0.0946 e. The fraction of sp³-hybridized carbons (Fsp3) is 0.250. The van der Waals surface area contributed by atoms with Crippen molar-refractivity contribution in [2.24, 2.45) is 0 Å². The van der Waals surface area contributed by atoms with E-state index in [4.69, 9.17) is 23.2 Å². The van der Waals surface area contributed by atoms with Gasteiger partial charge < -0.3 is 4.57 Å². The van der Waals surface area contributed by atoms with Gasteiger partial charge in [-0.2, -0.15) is 0 Å². The van der Waals surface area contributed by atoms with Crippen LogP contribution in [-0.4, -0.2) is 9.55 Å². The molecule has 0 amide bonds. The molecule has 1 aromatic heterocycles. The van der Waals surface area contributed by atoms with Crippen LogP contribution in [0.15, 0.2) is 61.2 Å². The molecule has 0 bridgehead atoms. The summed E-state index contributed by atoms with van der Waals surface area (Å²) in [5.41, 5.74) is 3.90. The van der Waals surface area contributed by atoms with Gasteiger partial charge in [-0.15, -0.1) is 0 Å². The number of aryl methyl sites for hydroxylation is 2. The maximum Gasteiger partial charge on any atom is 0.0946 e. The topological polar surface area (TPSA) is 17.8 Å². The van der Waals surface area contributed by atoms with E-state index < -0.39 is 0 Å². The Labute approximate surface area is 153 Å². The Kier molecular flexibility index (Phi) is 5.60. The molecule has 0 aliphatic carbocycles. The van der Waals surface area contributed by atoms with E-state index in [9.17, 15) is 0 Å². The molecule has 0 N–H and O–H groups in total. The van der Waals surface area contributed by atoms with Gasteiger partial charge in [0.2, 0.25) is 0 Å². The van der Waals surface area contributed by atoms with E-state index in [1.807, 2.05) is 43.0 Å². The second-order valence-corrected chi connectivity index (χ2v) is 7.00. The SMILES string of the molecule is Cc1cc(Cl)ccc1C(CCc1ccc(Cl)cc1)Cn1ccnc1. The standard InChI is InChI=1S/C20H20Cl2N2/c1-15-12-19(22)8-9-20(15)17(13-24-11-10-23-14-24)5-2-16-3-6-18(21)7-4-16/h3-4,6-12,14,17H,2,5,13H2,1H3. The molecule has 4 heteroatoms. The minimum Gasteiger partial charge on any atom is -0.337 e. The summed E-state index contributed by atoms with van der Waals surface area (Å²) in [5.74, 6) is 0.409. The molecular formula is C20H20Cl2N2. The van der Waals surface area contributed by atoms with Crippen LogP contribution in [0.25, 0.3) is 0 Å². The van der Waals surface area contributed by atoms with Crippen LogP contribution in [0.1, 0.15) is 29.0 Å². The third-order valence-electron chi connectivity index (χ3n) is 4.36. The highest BCUT2D eigenvalue weighted by Crippen LogP contribution is 2.28. The normalized spacial score (nSPS) is 12.3. The van der Waals surface area contributed by atoms with Crippen molar-refractivity contribution < 1.29 is 0 Å². The van der Waals surface area contributed by atoms with Crippen molar-refractivity contribution in [3.63, 3.8) is 0 Å².